The number of aromatic nitrogens is 5. The number of alkyl halides is 3. The molecule has 34 heavy (non-hydrogen) atoms. The Kier molecular flexibility index (Phi) is 6.06. The number of hydrogen-bond acceptors (Lipinski definition) is 7. The number of aryl methyl sites for hydroxylation is 1. The van der Waals surface area contributed by atoms with Gasteiger partial charge < -0.3 is 4.74 Å². The van der Waals surface area contributed by atoms with Crippen molar-refractivity contribution in [2.75, 3.05) is 6.61 Å². The van der Waals surface area contributed by atoms with Crippen LogP contribution in [0.15, 0.2) is 35.5 Å². The van der Waals surface area contributed by atoms with Crippen molar-refractivity contribution in [3.8, 4) is 11.7 Å². The van der Waals surface area contributed by atoms with Crippen LogP contribution in [-0.2, 0) is 10.0 Å². The smallest absolute Gasteiger partial charge is 0.394 e. The summed E-state index contributed by atoms with van der Waals surface area (Å²) in [6.07, 6.45) is -1.69. The lowest BCUT2D eigenvalue weighted by molar-refractivity contribution is -0.190. The van der Waals surface area contributed by atoms with Gasteiger partial charge >= 0.3 is 6.18 Å². The second kappa shape index (κ2) is 8.58. The lowest BCUT2D eigenvalue weighted by Crippen LogP contribution is -2.31. The van der Waals surface area contributed by atoms with Crippen LogP contribution in [0.5, 0.6) is 5.88 Å². The van der Waals surface area contributed by atoms with Crippen molar-refractivity contribution in [2.45, 2.75) is 37.3 Å². The van der Waals surface area contributed by atoms with E-state index in [1.165, 1.54) is 36.0 Å². The fourth-order valence-electron chi connectivity index (χ4n) is 3.25. The highest BCUT2D eigenvalue weighted by Crippen LogP contribution is 2.59. The molecule has 0 unspecified atom stereocenters. The lowest BCUT2D eigenvalue weighted by Gasteiger charge is -2.18. The van der Waals surface area contributed by atoms with E-state index in [2.05, 4.69) is 20.3 Å². The van der Waals surface area contributed by atoms with Crippen LogP contribution in [0.4, 0.5) is 13.2 Å². The van der Waals surface area contributed by atoms with Crippen LogP contribution in [0, 0.1) is 12.3 Å². The fraction of sp³-hybridized carbons (Fsp3) is 0.368. The van der Waals surface area contributed by atoms with E-state index < -0.39 is 27.5 Å². The number of pyridine rings is 1. The number of aromatic amines is 1. The van der Waals surface area contributed by atoms with Crippen molar-refractivity contribution in [3.05, 3.63) is 47.0 Å². The zero-order valence-corrected chi connectivity index (χ0v) is 19.1. The topological polar surface area (TPSA) is 132 Å². The van der Waals surface area contributed by atoms with E-state index in [-0.39, 0.29) is 58.9 Å². The van der Waals surface area contributed by atoms with Crippen LogP contribution in [-0.4, -0.2) is 52.1 Å². The van der Waals surface area contributed by atoms with E-state index in [1.807, 2.05) is 4.72 Å². The number of halogens is 4. The Morgan fingerprint density at radius 3 is 2.65 bits per heavy atom. The minimum atomic E-state index is -4.25. The van der Waals surface area contributed by atoms with E-state index in [9.17, 15) is 26.4 Å². The number of carbonyl (C=O) groups is 1. The molecule has 0 aromatic carbocycles. The van der Waals surface area contributed by atoms with Crippen molar-refractivity contribution in [1.29, 1.82) is 0 Å². The Balaban J connectivity index is 1.41. The maximum absolute atomic E-state index is 13.0. The Morgan fingerprint density at radius 1 is 1.32 bits per heavy atom. The van der Waals surface area contributed by atoms with Gasteiger partial charge in [0.15, 0.2) is 5.82 Å². The third-order valence-corrected chi connectivity index (χ3v) is 7.20. The molecule has 4 rings (SSSR count). The number of amides is 1. The van der Waals surface area contributed by atoms with E-state index >= 15 is 0 Å². The number of sulfonamides is 1. The molecule has 0 saturated heterocycles. The van der Waals surface area contributed by atoms with Gasteiger partial charge in [-0.15, -0.1) is 5.10 Å². The third-order valence-electron chi connectivity index (χ3n) is 5.46. The molecule has 1 amide bonds. The standard InChI is InChI=1S/C19H18ClF3N6O4S/c1-11-13(10-24-26-11)34(31,32)28-17(30)12-2-3-14(25-16(12)20)29-8-4-15(27-29)33-9-7-18(5-6-18)19(21,22)23/h2-4,8,10H,5-7,9H2,1H3,(H,24,26)(H,28,30). The first-order valence-electron chi connectivity index (χ1n) is 9.91. The average Bonchev–Trinajstić information content (AvgIpc) is 3.18. The fourth-order valence-corrected chi connectivity index (χ4v) is 4.59. The first kappa shape index (κ1) is 24.0. The summed E-state index contributed by atoms with van der Waals surface area (Å²) in [7, 11) is -4.18. The number of rotatable bonds is 8. The summed E-state index contributed by atoms with van der Waals surface area (Å²) in [5.41, 5.74) is -1.60. The van der Waals surface area contributed by atoms with Crippen LogP contribution in [0.2, 0.25) is 5.15 Å². The number of ether oxygens (including phenoxy) is 1. The Bertz CT molecular complexity index is 1330. The molecule has 0 bridgehead atoms. The molecule has 0 radical (unpaired) electrons. The monoisotopic (exact) mass is 518 g/mol. The summed E-state index contributed by atoms with van der Waals surface area (Å²) < 4.78 is 72.2. The molecule has 0 spiro atoms. The Morgan fingerprint density at radius 2 is 2.06 bits per heavy atom. The highest BCUT2D eigenvalue weighted by Gasteiger charge is 2.62. The molecular weight excluding hydrogens is 501 g/mol. The molecule has 182 valence electrons. The zero-order chi connectivity index (χ0) is 24.7. The quantitative estimate of drug-likeness (QED) is 0.438. The molecule has 0 atom stereocenters. The molecule has 15 heteroatoms. The molecule has 10 nitrogen and oxygen atoms in total. The third kappa shape index (κ3) is 4.73. The van der Waals surface area contributed by atoms with Crippen molar-refractivity contribution < 1.29 is 31.1 Å². The summed E-state index contributed by atoms with van der Waals surface area (Å²) in [4.78, 5) is 16.3. The largest absolute Gasteiger partial charge is 0.477 e. The van der Waals surface area contributed by atoms with Crippen LogP contribution in [0.25, 0.3) is 5.82 Å². The number of hydrogen-bond donors (Lipinski definition) is 2. The highest BCUT2D eigenvalue weighted by molar-refractivity contribution is 7.90. The van der Waals surface area contributed by atoms with Gasteiger partial charge in [-0.3, -0.25) is 9.89 Å². The number of nitrogens with zero attached hydrogens (tertiary/aromatic N) is 4. The van der Waals surface area contributed by atoms with E-state index in [4.69, 9.17) is 16.3 Å². The highest BCUT2D eigenvalue weighted by atomic mass is 35.5. The molecule has 0 aliphatic heterocycles. The van der Waals surface area contributed by atoms with Crippen molar-refractivity contribution in [2.24, 2.45) is 5.41 Å². The maximum Gasteiger partial charge on any atom is 0.394 e. The van der Waals surface area contributed by atoms with E-state index in [0.29, 0.717) is 0 Å². The number of H-pyrrole nitrogens is 1. The van der Waals surface area contributed by atoms with Crippen molar-refractivity contribution in [3.63, 3.8) is 0 Å². The second-order valence-electron chi connectivity index (χ2n) is 7.78. The summed E-state index contributed by atoms with van der Waals surface area (Å²) in [6, 6.07) is 4.08. The molecular formula is C19H18ClF3N6O4S. The summed E-state index contributed by atoms with van der Waals surface area (Å²) in [5.74, 6) is -0.717. The van der Waals surface area contributed by atoms with Crippen LogP contribution in [0.1, 0.15) is 35.3 Å². The van der Waals surface area contributed by atoms with Gasteiger partial charge in [0.05, 0.1) is 29.5 Å². The number of nitrogens with one attached hydrogen (secondary N) is 2. The van der Waals surface area contributed by atoms with Gasteiger partial charge in [-0.1, -0.05) is 11.6 Å². The minimum Gasteiger partial charge on any atom is -0.477 e. The van der Waals surface area contributed by atoms with Crippen molar-refractivity contribution >= 4 is 27.5 Å². The first-order chi connectivity index (χ1) is 15.9. The van der Waals surface area contributed by atoms with E-state index in [1.54, 1.807) is 0 Å². The SMILES string of the molecule is Cc1[nH]ncc1S(=O)(=O)NC(=O)c1ccc(-n2ccc(OCCC3(C(F)(F)F)CC3)n2)nc1Cl. The van der Waals surface area contributed by atoms with Gasteiger partial charge in [-0.2, -0.15) is 18.3 Å². The van der Waals surface area contributed by atoms with Gasteiger partial charge in [0.1, 0.15) is 10.0 Å². The number of carbonyl (C=O) groups excluding carboxylic acids is 1. The second-order valence-corrected chi connectivity index (χ2v) is 9.79. The molecule has 3 aromatic rings. The summed E-state index contributed by atoms with van der Waals surface area (Å²) in [6.45, 7) is 1.34. The van der Waals surface area contributed by atoms with Gasteiger partial charge in [0.2, 0.25) is 5.88 Å². The first-order valence-corrected chi connectivity index (χ1v) is 11.8. The predicted octanol–water partition coefficient (Wildman–Crippen LogP) is 3.18. The Hall–Kier alpha value is -3.13. The molecule has 3 heterocycles. The maximum atomic E-state index is 13.0. The molecule has 2 N–H and O–H groups in total. The van der Waals surface area contributed by atoms with Gasteiger partial charge in [-0.25, -0.2) is 22.8 Å². The molecule has 1 aliphatic rings. The lowest BCUT2D eigenvalue weighted by atomic mass is 10.0. The van der Waals surface area contributed by atoms with Crippen LogP contribution >= 0.6 is 11.6 Å². The summed E-state index contributed by atoms with van der Waals surface area (Å²) in [5, 5.41) is 9.88. The van der Waals surface area contributed by atoms with Crippen LogP contribution in [0.3, 0.4) is 0 Å². The van der Waals surface area contributed by atoms with Gasteiger partial charge in [0.25, 0.3) is 15.9 Å². The molecule has 1 saturated carbocycles. The van der Waals surface area contributed by atoms with Crippen LogP contribution < -0.4 is 9.46 Å². The summed E-state index contributed by atoms with van der Waals surface area (Å²) >= 11 is 6.09. The molecule has 3 aromatic heterocycles. The van der Waals surface area contributed by atoms with E-state index in [0.717, 1.165) is 6.20 Å². The molecule has 1 aliphatic carbocycles. The average molecular weight is 519 g/mol. The van der Waals surface area contributed by atoms with Gasteiger partial charge in [-0.05, 0) is 38.3 Å². The Labute approximate surface area is 196 Å². The predicted molar refractivity (Wildman–Crippen MR) is 112 cm³/mol. The van der Waals surface area contributed by atoms with Crippen molar-refractivity contribution in [1.82, 2.24) is 29.7 Å². The normalized spacial score (nSPS) is 15.2. The minimum absolute atomic E-state index is 0.0966. The molecule has 1 fully saturated rings. The zero-order valence-electron chi connectivity index (χ0n) is 17.6. The van der Waals surface area contributed by atoms with Gasteiger partial charge in [0, 0.05) is 12.3 Å².